The number of rotatable bonds is 2. The summed E-state index contributed by atoms with van der Waals surface area (Å²) in [6, 6.07) is 4.99. The van der Waals surface area contributed by atoms with Crippen molar-refractivity contribution in [2.75, 3.05) is 0 Å². The van der Waals surface area contributed by atoms with Crippen molar-refractivity contribution in [3.05, 3.63) is 48.5 Å². The Balaban J connectivity index is 2.15. The number of benzene rings is 1. The maximum absolute atomic E-state index is 13.6. The van der Waals surface area contributed by atoms with E-state index in [-0.39, 0.29) is 5.02 Å². The lowest BCUT2D eigenvalue weighted by Crippen LogP contribution is -1.97. The van der Waals surface area contributed by atoms with E-state index in [4.69, 9.17) is 23.8 Å². The smallest absolute Gasteiger partial charge is 0.178 e. The number of H-pyrrole nitrogens is 1. The molecule has 0 aliphatic rings. The fourth-order valence-electron chi connectivity index (χ4n) is 1.90. The van der Waals surface area contributed by atoms with Crippen molar-refractivity contribution in [3.8, 4) is 0 Å². The Morgan fingerprint density at radius 3 is 2.89 bits per heavy atom. The first-order valence-corrected chi connectivity index (χ1v) is 7.81. The average Bonchev–Trinajstić information content (AvgIpc) is 2.87. The maximum atomic E-state index is 13.6. The predicted molar refractivity (Wildman–Crippen MR) is 83.2 cm³/mol. The number of halogens is 3. The van der Waals surface area contributed by atoms with Gasteiger partial charge < -0.3 is 9.55 Å². The zero-order chi connectivity index (χ0) is 13.6. The minimum Gasteiger partial charge on any atom is -0.331 e. The third-order valence-corrected chi connectivity index (χ3v) is 5.05. The molecule has 2 nitrogen and oxygen atoms in total. The highest BCUT2D eigenvalue weighted by Crippen LogP contribution is 2.25. The summed E-state index contributed by atoms with van der Waals surface area (Å²) in [5.74, 6) is -0.440. The van der Waals surface area contributed by atoms with Gasteiger partial charge in [-0.1, -0.05) is 11.6 Å². The van der Waals surface area contributed by atoms with Crippen LogP contribution >= 0.6 is 51.1 Å². The van der Waals surface area contributed by atoms with E-state index >= 15 is 0 Å². The third kappa shape index (κ3) is 2.50. The number of hydrogen-bond acceptors (Lipinski definition) is 2. The van der Waals surface area contributed by atoms with Crippen LogP contribution in [0, 0.1) is 10.6 Å². The van der Waals surface area contributed by atoms with Gasteiger partial charge in [-0.2, -0.15) is 0 Å². The minimum absolute atomic E-state index is 0.0924. The molecule has 7 heteroatoms. The molecular weight excluding hydrogens is 371 g/mol. The van der Waals surface area contributed by atoms with E-state index in [2.05, 4.69) is 20.9 Å². The zero-order valence-electron chi connectivity index (χ0n) is 9.41. The van der Waals surface area contributed by atoms with Crippen molar-refractivity contribution in [3.63, 3.8) is 0 Å². The van der Waals surface area contributed by atoms with Gasteiger partial charge in [-0.15, -0.1) is 11.3 Å². The van der Waals surface area contributed by atoms with Gasteiger partial charge in [0.2, 0.25) is 0 Å². The monoisotopic (exact) mass is 376 g/mol. The summed E-state index contributed by atoms with van der Waals surface area (Å²) in [6.45, 7) is 0.607. The molecule has 98 valence electrons. The Morgan fingerprint density at radius 2 is 2.21 bits per heavy atom. The Labute approximate surface area is 131 Å². The number of nitrogens with one attached hydrogen (secondary N) is 1. The fourth-order valence-corrected chi connectivity index (χ4v) is 3.78. The normalized spacial score (nSPS) is 11.3. The van der Waals surface area contributed by atoms with E-state index in [1.165, 1.54) is 6.07 Å². The number of thiophene rings is 1. The van der Waals surface area contributed by atoms with Crippen LogP contribution < -0.4 is 0 Å². The molecule has 0 saturated heterocycles. The van der Waals surface area contributed by atoms with Gasteiger partial charge in [0.05, 0.1) is 22.6 Å². The van der Waals surface area contributed by atoms with Crippen molar-refractivity contribution >= 4 is 62.1 Å². The van der Waals surface area contributed by atoms with Crippen molar-refractivity contribution < 1.29 is 4.39 Å². The first-order chi connectivity index (χ1) is 9.04. The Hall–Kier alpha value is -0.690. The average molecular weight is 378 g/mol. The van der Waals surface area contributed by atoms with E-state index in [1.54, 1.807) is 17.4 Å². The summed E-state index contributed by atoms with van der Waals surface area (Å²) in [5.41, 5.74) is 1.46. The van der Waals surface area contributed by atoms with Gasteiger partial charge >= 0.3 is 0 Å². The van der Waals surface area contributed by atoms with Gasteiger partial charge in [-0.3, -0.25) is 0 Å². The van der Waals surface area contributed by atoms with Gasteiger partial charge in [-0.05, 0) is 40.3 Å². The van der Waals surface area contributed by atoms with Crippen LogP contribution in [-0.2, 0) is 6.54 Å². The summed E-state index contributed by atoms with van der Waals surface area (Å²) >= 11 is 16.1. The highest BCUT2D eigenvalue weighted by Gasteiger charge is 2.10. The standard InChI is InChI=1S/C12H7BrClFN2S2/c13-6-1-7(19-5-6)4-17-11-3-9(15)8(14)2-10(11)16-12(17)18/h1-3,5H,4H2,(H,16,18). The quantitative estimate of drug-likeness (QED) is 0.596. The largest absolute Gasteiger partial charge is 0.331 e. The molecule has 0 fully saturated rings. The highest BCUT2D eigenvalue weighted by atomic mass is 79.9. The molecule has 1 aromatic carbocycles. The van der Waals surface area contributed by atoms with E-state index in [0.29, 0.717) is 11.3 Å². The van der Waals surface area contributed by atoms with Gasteiger partial charge in [0.1, 0.15) is 5.82 Å². The molecule has 0 radical (unpaired) electrons. The molecule has 2 aromatic heterocycles. The van der Waals surface area contributed by atoms with Crippen molar-refractivity contribution in [1.82, 2.24) is 9.55 Å². The summed E-state index contributed by atoms with van der Waals surface area (Å²) in [4.78, 5) is 4.18. The van der Waals surface area contributed by atoms with E-state index in [9.17, 15) is 4.39 Å². The summed E-state index contributed by atoms with van der Waals surface area (Å²) < 4.78 is 17.0. The lowest BCUT2D eigenvalue weighted by Gasteiger charge is -2.03. The molecule has 0 unspecified atom stereocenters. The SMILES string of the molecule is Fc1cc2c(cc1Cl)[nH]c(=S)n2Cc1cc(Br)cs1. The predicted octanol–water partition coefficient (Wildman–Crippen LogP) is 5.36. The van der Waals surface area contributed by atoms with Crippen molar-refractivity contribution in [2.24, 2.45) is 0 Å². The van der Waals surface area contributed by atoms with Crippen LogP contribution in [0.4, 0.5) is 4.39 Å². The number of imidazole rings is 1. The molecule has 0 spiro atoms. The second-order valence-corrected chi connectivity index (χ2v) is 6.74. The highest BCUT2D eigenvalue weighted by molar-refractivity contribution is 9.10. The van der Waals surface area contributed by atoms with Gasteiger partial charge in [-0.25, -0.2) is 4.39 Å². The second kappa shape index (κ2) is 5.01. The lowest BCUT2D eigenvalue weighted by atomic mass is 10.3. The van der Waals surface area contributed by atoms with E-state index < -0.39 is 5.82 Å². The zero-order valence-corrected chi connectivity index (χ0v) is 13.4. The summed E-state index contributed by atoms with van der Waals surface area (Å²) in [5, 5.41) is 2.10. The minimum atomic E-state index is -0.440. The van der Waals surface area contributed by atoms with Gasteiger partial charge in [0, 0.05) is 20.8 Å². The molecule has 1 N–H and O–H groups in total. The third-order valence-electron chi connectivity index (χ3n) is 2.75. The molecule has 0 aliphatic carbocycles. The van der Waals surface area contributed by atoms with Crippen LogP contribution in [0.25, 0.3) is 11.0 Å². The van der Waals surface area contributed by atoms with Gasteiger partial charge in [0.15, 0.2) is 4.77 Å². The molecule has 0 aliphatic heterocycles. The lowest BCUT2D eigenvalue weighted by molar-refractivity contribution is 0.629. The molecule has 0 atom stereocenters. The molecule has 0 amide bonds. The molecule has 3 rings (SSSR count). The number of aromatic amines is 1. The van der Waals surface area contributed by atoms with Crippen LogP contribution in [0.5, 0.6) is 0 Å². The molecule has 19 heavy (non-hydrogen) atoms. The number of hydrogen-bond donors (Lipinski definition) is 1. The number of nitrogens with zero attached hydrogens (tertiary/aromatic N) is 1. The fraction of sp³-hybridized carbons (Fsp3) is 0.0833. The van der Waals surface area contributed by atoms with Crippen LogP contribution in [0.3, 0.4) is 0 Å². The molecule has 0 bridgehead atoms. The van der Waals surface area contributed by atoms with Crippen molar-refractivity contribution in [1.29, 1.82) is 0 Å². The molecule has 3 aromatic rings. The van der Waals surface area contributed by atoms with E-state index in [1.807, 2.05) is 16.0 Å². The van der Waals surface area contributed by atoms with Crippen LogP contribution in [0.1, 0.15) is 4.88 Å². The number of aromatic nitrogens is 2. The summed E-state index contributed by atoms with van der Waals surface area (Å²) in [7, 11) is 0. The first kappa shape index (κ1) is 13.3. The topological polar surface area (TPSA) is 20.7 Å². The maximum Gasteiger partial charge on any atom is 0.178 e. The first-order valence-electron chi connectivity index (χ1n) is 5.35. The van der Waals surface area contributed by atoms with Crippen LogP contribution in [0.15, 0.2) is 28.1 Å². The van der Waals surface area contributed by atoms with Crippen LogP contribution in [0.2, 0.25) is 5.02 Å². The van der Waals surface area contributed by atoms with Gasteiger partial charge in [0.25, 0.3) is 0 Å². The Morgan fingerprint density at radius 1 is 1.42 bits per heavy atom. The Kier molecular flexibility index (Phi) is 3.51. The molecule has 0 saturated carbocycles. The van der Waals surface area contributed by atoms with E-state index in [0.717, 1.165) is 20.4 Å². The summed E-state index contributed by atoms with van der Waals surface area (Å²) in [6.07, 6.45) is 0. The second-order valence-electron chi connectivity index (χ2n) is 4.03. The molecule has 2 heterocycles. The van der Waals surface area contributed by atoms with Crippen molar-refractivity contribution in [2.45, 2.75) is 6.54 Å². The van der Waals surface area contributed by atoms with Crippen LogP contribution in [-0.4, -0.2) is 9.55 Å². The Bertz CT molecular complexity index is 821. The number of fused-ring (bicyclic) bond motifs is 1. The molecular formula is C12H7BrClFN2S2.